The van der Waals surface area contributed by atoms with Crippen LogP contribution in [0.2, 0.25) is 0 Å². The molecule has 3 heteroatoms. The summed E-state index contributed by atoms with van der Waals surface area (Å²) in [4.78, 5) is 10.8. The van der Waals surface area contributed by atoms with Crippen molar-refractivity contribution in [2.45, 2.75) is 32.7 Å². The Morgan fingerprint density at radius 2 is 1.83 bits per heavy atom. The van der Waals surface area contributed by atoms with Gasteiger partial charge in [-0.25, -0.2) is 0 Å². The SMILES string of the molecule is CCCCn1c(-c2ccc(CC(=O)O)cc2)cc2ccccc21. The van der Waals surface area contributed by atoms with Gasteiger partial charge in [-0.3, -0.25) is 4.79 Å². The molecule has 23 heavy (non-hydrogen) atoms. The molecule has 0 aliphatic heterocycles. The first kappa shape index (κ1) is 15.3. The highest BCUT2D eigenvalue weighted by Crippen LogP contribution is 2.29. The number of fused-ring (bicyclic) bond motifs is 1. The van der Waals surface area contributed by atoms with Crippen molar-refractivity contribution in [2.75, 3.05) is 0 Å². The predicted octanol–water partition coefficient (Wildman–Crippen LogP) is 4.74. The second-order valence-corrected chi connectivity index (χ2v) is 5.86. The van der Waals surface area contributed by atoms with Gasteiger partial charge in [0.2, 0.25) is 0 Å². The van der Waals surface area contributed by atoms with E-state index in [2.05, 4.69) is 41.8 Å². The van der Waals surface area contributed by atoms with E-state index >= 15 is 0 Å². The minimum atomic E-state index is -0.796. The van der Waals surface area contributed by atoms with Crippen LogP contribution in [0.25, 0.3) is 22.2 Å². The third kappa shape index (κ3) is 3.29. The molecule has 0 saturated heterocycles. The topological polar surface area (TPSA) is 42.2 Å². The van der Waals surface area contributed by atoms with Crippen molar-refractivity contribution in [3.63, 3.8) is 0 Å². The number of carboxylic acid groups (broad SMARTS) is 1. The largest absolute Gasteiger partial charge is 0.481 e. The lowest BCUT2D eigenvalue weighted by atomic mass is 10.1. The van der Waals surface area contributed by atoms with Gasteiger partial charge in [-0.1, -0.05) is 55.8 Å². The van der Waals surface area contributed by atoms with Crippen LogP contribution < -0.4 is 0 Å². The zero-order chi connectivity index (χ0) is 16.2. The molecule has 0 radical (unpaired) electrons. The molecule has 1 aromatic heterocycles. The van der Waals surface area contributed by atoms with E-state index in [0.29, 0.717) is 0 Å². The molecular formula is C20H21NO2. The van der Waals surface area contributed by atoms with Gasteiger partial charge in [0.1, 0.15) is 0 Å². The lowest BCUT2D eigenvalue weighted by molar-refractivity contribution is -0.136. The quantitative estimate of drug-likeness (QED) is 0.715. The first-order chi connectivity index (χ1) is 11.2. The molecule has 0 unspecified atom stereocenters. The van der Waals surface area contributed by atoms with Crippen LogP contribution in [0.3, 0.4) is 0 Å². The molecule has 0 saturated carbocycles. The third-order valence-electron chi connectivity index (χ3n) is 4.15. The minimum Gasteiger partial charge on any atom is -0.481 e. The van der Waals surface area contributed by atoms with Gasteiger partial charge in [0, 0.05) is 23.1 Å². The number of aliphatic carboxylic acids is 1. The number of carbonyl (C=O) groups is 1. The van der Waals surface area contributed by atoms with Crippen LogP contribution in [0.15, 0.2) is 54.6 Å². The molecule has 3 rings (SSSR count). The summed E-state index contributed by atoms with van der Waals surface area (Å²) in [5, 5.41) is 10.1. The maximum absolute atomic E-state index is 10.8. The molecule has 0 spiro atoms. The number of nitrogens with zero attached hydrogens (tertiary/aromatic N) is 1. The van der Waals surface area contributed by atoms with Crippen molar-refractivity contribution in [1.29, 1.82) is 0 Å². The van der Waals surface area contributed by atoms with E-state index in [1.54, 1.807) is 0 Å². The summed E-state index contributed by atoms with van der Waals surface area (Å²) in [6, 6.07) is 18.5. The maximum atomic E-state index is 10.8. The Labute approximate surface area is 136 Å². The van der Waals surface area contributed by atoms with Gasteiger partial charge < -0.3 is 9.67 Å². The van der Waals surface area contributed by atoms with Crippen LogP contribution in [0.1, 0.15) is 25.3 Å². The Bertz CT molecular complexity index is 815. The second-order valence-electron chi connectivity index (χ2n) is 5.86. The predicted molar refractivity (Wildman–Crippen MR) is 93.6 cm³/mol. The van der Waals surface area contributed by atoms with Crippen LogP contribution >= 0.6 is 0 Å². The van der Waals surface area contributed by atoms with Crippen molar-refractivity contribution in [3.05, 3.63) is 60.2 Å². The molecule has 0 fully saturated rings. The van der Waals surface area contributed by atoms with Crippen molar-refractivity contribution >= 4 is 16.9 Å². The molecule has 0 atom stereocenters. The zero-order valence-corrected chi connectivity index (χ0v) is 13.3. The Hall–Kier alpha value is -2.55. The standard InChI is InChI=1S/C20H21NO2/c1-2-3-12-21-18-7-5-4-6-17(18)14-19(21)16-10-8-15(9-11-16)13-20(22)23/h4-11,14H,2-3,12-13H2,1H3,(H,22,23). The molecule has 3 aromatic rings. The fourth-order valence-corrected chi connectivity index (χ4v) is 2.97. The van der Waals surface area contributed by atoms with Gasteiger partial charge in [0.25, 0.3) is 0 Å². The number of hydrogen-bond acceptors (Lipinski definition) is 1. The number of aryl methyl sites for hydroxylation is 1. The second kappa shape index (κ2) is 6.69. The monoisotopic (exact) mass is 307 g/mol. The van der Waals surface area contributed by atoms with Crippen molar-refractivity contribution in [1.82, 2.24) is 4.57 Å². The highest BCUT2D eigenvalue weighted by Gasteiger charge is 2.10. The summed E-state index contributed by atoms with van der Waals surface area (Å²) < 4.78 is 2.37. The summed E-state index contributed by atoms with van der Waals surface area (Å²) in [5.41, 5.74) is 4.41. The molecule has 0 aliphatic rings. The molecule has 0 bridgehead atoms. The number of benzene rings is 2. The van der Waals surface area contributed by atoms with Crippen molar-refractivity contribution < 1.29 is 9.90 Å². The van der Waals surface area contributed by atoms with Gasteiger partial charge in [-0.2, -0.15) is 0 Å². The van der Waals surface area contributed by atoms with Crippen molar-refractivity contribution in [3.8, 4) is 11.3 Å². The zero-order valence-electron chi connectivity index (χ0n) is 13.3. The van der Waals surface area contributed by atoms with Crippen LogP contribution in [0.5, 0.6) is 0 Å². The Morgan fingerprint density at radius 1 is 1.09 bits per heavy atom. The van der Waals surface area contributed by atoms with Gasteiger partial charge in [0.15, 0.2) is 0 Å². The molecule has 0 amide bonds. The highest BCUT2D eigenvalue weighted by molar-refractivity contribution is 5.87. The Balaban J connectivity index is 2.02. The van der Waals surface area contributed by atoms with Gasteiger partial charge >= 0.3 is 5.97 Å². The molecular weight excluding hydrogens is 286 g/mol. The fraction of sp³-hybridized carbons (Fsp3) is 0.250. The van der Waals surface area contributed by atoms with Crippen molar-refractivity contribution in [2.24, 2.45) is 0 Å². The summed E-state index contributed by atoms with van der Waals surface area (Å²) >= 11 is 0. The molecule has 1 N–H and O–H groups in total. The van der Waals surface area contributed by atoms with Crippen LogP contribution in [0.4, 0.5) is 0 Å². The lowest BCUT2D eigenvalue weighted by Gasteiger charge is -2.11. The molecule has 118 valence electrons. The molecule has 1 heterocycles. The third-order valence-corrected chi connectivity index (χ3v) is 4.15. The van der Waals surface area contributed by atoms with E-state index in [0.717, 1.165) is 30.5 Å². The number of carboxylic acids is 1. The maximum Gasteiger partial charge on any atom is 0.307 e. The minimum absolute atomic E-state index is 0.0686. The summed E-state index contributed by atoms with van der Waals surface area (Å²) in [6.07, 6.45) is 2.37. The Kier molecular flexibility index (Phi) is 4.47. The van der Waals surface area contributed by atoms with Gasteiger partial charge in [-0.15, -0.1) is 0 Å². The lowest BCUT2D eigenvalue weighted by Crippen LogP contribution is -2.01. The van der Waals surface area contributed by atoms with E-state index < -0.39 is 5.97 Å². The van der Waals surface area contributed by atoms with Gasteiger partial charge in [-0.05, 0) is 29.7 Å². The first-order valence-electron chi connectivity index (χ1n) is 8.08. The Morgan fingerprint density at radius 3 is 2.52 bits per heavy atom. The van der Waals surface area contributed by atoms with E-state index in [4.69, 9.17) is 5.11 Å². The van der Waals surface area contributed by atoms with Crippen LogP contribution in [0, 0.1) is 0 Å². The fourth-order valence-electron chi connectivity index (χ4n) is 2.97. The van der Waals surface area contributed by atoms with Crippen LogP contribution in [-0.4, -0.2) is 15.6 Å². The summed E-state index contributed by atoms with van der Waals surface area (Å²) in [6.45, 7) is 3.20. The summed E-state index contributed by atoms with van der Waals surface area (Å²) in [5.74, 6) is -0.796. The number of aromatic nitrogens is 1. The number of rotatable bonds is 6. The normalized spacial score (nSPS) is 11.0. The number of hydrogen-bond donors (Lipinski definition) is 1. The van der Waals surface area contributed by atoms with E-state index in [1.165, 1.54) is 16.6 Å². The first-order valence-corrected chi connectivity index (χ1v) is 8.08. The molecule has 2 aromatic carbocycles. The van der Waals surface area contributed by atoms with Crippen LogP contribution in [-0.2, 0) is 17.8 Å². The van der Waals surface area contributed by atoms with E-state index in [9.17, 15) is 4.79 Å². The van der Waals surface area contributed by atoms with Gasteiger partial charge in [0.05, 0.1) is 6.42 Å². The summed E-state index contributed by atoms with van der Waals surface area (Å²) in [7, 11) is 0. The van der Waals surface area contributed by atoms with E-state index in [1.807, 2.05) is 24.3 Å². The number of para-hydroxylation sites is 1. The molecule has 3 nitrogen and oxygen atoms in total. The molecule has 0 aliphatic carbocycles. The smallest absolute Gasteiger partial charge is 0.307 e. The average molecular weight is 307 g/mol. The number of unbranched alkanes of at least 4 members (excludes halogenated alkanes) is 1. The highest BCUT2D eigenvalue weighted by atomic mass is 16.4. The average Bonchev–Trinajstić information content (AvgIpc) is 2.91. The van der Waals surface area contributed by atoms with E-state index in [-0.39, 0.29) is 6.42 Å².